The first kappa shape index (κ1) is 7.59. The summed E-state index contributed by atoms with van der Waals surface area (Å²) in [6, 6.07) is 0. The third kappa shape index (κ3) is 1.11. The second-order valence-electron chi connectivity index (χ2n) is 2.93. The maximum atomic E-state index is 4.35. The van der Waals surface area contributed by atoms with Crippen LogP contribution in [0.1, 0.15) is 10.6 Å². The Morgan fingerprint density at radius 2 is 2.38 bits per heavy atom. The number of hydrogen-bond acceptors (Lipinski definition) is 3. The van der Waals surface area contributed by atoms with Crippen LogP contribution in [0.4, 0.5) is 0 Å². The van der Waals surface area contributed by atoms with E-state index in [9.17, 15) is 0 Å². The molecule has 0 bridgehead atoms. The molecule has 1 aromatic rings. The summed E-state index contributed by atoms with van der Waals surface area (Å²) in [6.07, 6.45) is 7.54. The highest BCUT2D eigenvalue weighted by Gasteiger charge is 2.19. The molecule has 1 aromatic heterocycles. The number of fused-ring (bicyclic) bond motifs is 3. The van der Waals surface area contributed by atoms with Crippen LogP contribution in [-0.4, -0.2) is 4.98 Å². The molecule has 0 N–H and O–H groups in total. The lowest BCUT2D eigenvalue weighted by atomic mass is 10.0. The van der Waals surface area contributed by atoms with Crippen molar-refractivity contribution < 1.29 is 0 Å². The number of allylic oxidation sites excluding steroid dienone is 4. The predicted molar refractivity (Wildman–Crippen MR) is 58.6 cm³/mol. The average molecular weight is 205 g/mol. The Kier molecular flexibility index (Phi) is 1.67. The van der Waals surface area contributed by atoms with E-state index in [0.717, 1.165) is 6.42 Å². The number of hydrogen-bond donors (Lipinski definition) is 0. The van der Waals surface area contributed by atoms with Gasteiger partial charge in [0.2, 0.25) is 0 Å². The van der Waals surface area contributed by atoms with Crippen molar-refractivity contribution in [2.45, 2.75) is 6.42 Å². The summed E-state index contributed by atoms with van der Waals surface area (Å²) in [5.41, 5.74) is 4.53. The number of thioether (sulfide) groups is 1. The number of thiazole rings is 1. The summed E-state index contributed by atoms with van der Waals surface area (Å²) in [4.78, 5) is 7.09. The second-order valence-corrected chi connectivity index (χ2v) is 4.73. The van der Waals surface area contributed by atoms with Gasteiger partial charge in [-0.3, -0.25) is 0 Å². The van der Waals surface area contributed by atoms with E-state index in [4.69, 9.17) is 0 Å². The third-order valence-corrected chi connectivity index (χ3v) is 4.00. The third-order valence-electron chi connectivity index (χ3n) is 2.17. The molecule has 0 saturated carbocycles. The smallest absolute Gasteiger partial charge is 0.0801 e. The van der Waals surface area contributed by atoms with E-state index >= 15 is 0 Å². The molecule has 0 amide bonds. The van der Waals surface area contributed by atoms with Crippen LogP contribution in [0, 0.1) is 0 Å². The standard InChI is InChI=1S/C10H7NS2/c1-2-7-9(12-5-1)4-3-8-10(7)13-6-11-8/h1-2,4-6H,3H2. The molecule has 1 nitrogen and oxygen atoms in total. The lowest BCUT2D eigenvalue weighted by Crippen LogP contribution is -1.98. The van der Waals surface area contributed by atoms with Gasteiger partial charge in [0.15, 0.2) is 0 Å². The van der Waals surface area contributed by atoms with Gasteiger partial charge >= 0.3 is 0 Å². The fourth-order valence-corrected chi connectivity index (χ4v) is 3.27. The molecule has 0 atom stereocenters. The molecular formula is C10H7NS2. The maximum Gasteiger partial charge on any atom is 0.0801 e. The fourth-order valence-electron chi connectivity index (χ4n) is 1.56. The van der Waals surface area contributed by atoms with Crippen molar-refractivity contribution in [1.82, 2.24) is 4.98 Å². The van der Waals surface area contributed by atoms with E-state index in [1.54, 1.807) is 23.1 Å². The van der Waals surface area contributed by atoms with Crippen molar-refractivity contribution in [3.05, 3.63) is 44.6 Å². The van der Waals surface area contributed by atoms with Crippen molar-refractivity contribution in [2.24, 2.45) is 0 Å². The maximum absolute atomic E-state index is 4.35. The number of nitrogens with zero attached hydrogens (tertiary/aromatic N) is 1. The summed E-state index contributed by atoms with van der Waals surface area (Å²) < 4.78 is 0. The van der Waals surface area contributed by atoms with Gasteiger partial charge in [0.05, 0.1) is 16.1 Å². The van der Waals surface area contributed by atoms with Crippen LogP contribution in [0.25, 0.3) is 5.57 Å². The van der Waals surface area contributed by atoms with E-state index in [1.807, 2.05) is 5.51 Å². The van der Waals surface area contributed by atoms with Crippen molar-refractivity contribution in [2.75, 3.05) is 0 Å². The van der Waals surface area contributed by atoms with Crippen LogP contribution < -0.4 is 0 Å². The van der Waals surface area contributed by atoms with Gasteiger partial charge in [-0.1, -0.05) is 30.0 Å². The van der Waals surface area contributed by atoms with E-state index in [0.29, 0.717) is 0 Å². The monoisotopic (exact) mass is 205 g/mol. The molecule has 1 aliphatic carbocycles. The Hall–Kier alpha value is -0.800. The second kappa shape index (κ2) is 2.86. The molecule has 0 saturated heterocycles. The van der Waals surface area contributed by atoms with Gasteiger partial charge in [0.1, 0.15) is 0 Å². The Bertz CT molecular complexity index is 438. The van der Waals surface area contributed by atoms with Crippen molar-refractivity contribution in [3.8, 4) is 0 Å². The highest BCUT2D eigenvalue weighted by atomic mass is 32.2. The molecule has 64 valence electrons. The quantitative estimate of drug-likeness (QED) is 0.645. The molecule has 0 spiro atoms. The van der Waals surface area contributed by atoms with Gasteiger partial charge < -0.3 is 0 Å². The summed E-state index contributed by atoms with van der Waals surface area (Å²) in [7, 11) is 0. The molecule has 0 aromatic carbocycles. The number of rotatable bonds is 0. The molecule has 2 heterocycles. The van der Waals surface area contributed by atoms with Crippen LogP contribution in [0.15, 0.2) is 34.1 Å². The average Bonchev–Trinajstić information content (AvgIpc) is 2.65. The minimum absolute atomic E-state index is 0.992. The van der Waals surface area contributed by atoms with E-state index in [2.05, 4.69) is 28.6 Å². The normalized spacial score (nSPS) is 18.8. The van der Waals surface area contributed by atoms with E-state index in [-0.39, 0.29) is 0 Å². The van der Waals surface area contributed by atoms with Gasteiger partial charge in [-0.05, 0) is 5.41 Å². The zero-order chi connectivity index (χ0) is 8.67. The van der Waals surface area contributed by atoms with Crippen LogP contribution in [0.3, 0.4) is 0 Å². The summed E-state index contributed by atoms with van der Waals surface area (Å²) >= 11 is 3.55. The minimum Gasteiger partial charge on any atom is -0.249 e. The zero-order valence-corrected chi connectivity index (χ0v) is 8.49. The summed E-state index contributed by atoms with van der Waals surface area (Å²) in [5, 5.41) is 2.13. The highest BCUT2D eigenvalue weighted by Crippen LogP contribution is 2.41. The summed E-state index contributed by atoms with van der Waals surface area (Å²) in [5.74, 6) is 0. The molecule has 0 fully saturated rings. The molecule has 3 heteroatoms. The van der Waals surface area contributed by atoms with Crippen LogP contribution in [0.5, 0.6) is 0 Å². The molecule has 0 radical (unpaired) electrons. The van der Waals surface area contributed by atoms with Crippen LogP contribution >= 0.6 is 23.1 Å². The predicted octanol–water partition coefficient (Wildman–Crippen LogP) is 3.23. The van der Waals surface area contributed by atoms with Crippen LogP contribution in [-0.2, 0) is 6.42 Å². The summed E-state index contributed by atoms with van der Waals surface area (Å²) in [6.45, 7) is 0. The lowest BCUT2D eigenvalue weighted by molar-refractivity contribution is 1.13. The lowest BCUT2D eigenvalue weighted by Gasteiger charge is -2.16. The zero-order valence-electron chi connectivity index (χ0n) is 6.86. The van der Waals surface area contributed by atoms with Crippen molar-refractivity contribution >= 4 is 28.7 Å². The number of aromatic nitrogens is 1. The first-order chi connectivity index (χ1) is 6.45. The van der Waals surface area contributed by atoms with Crippen molar-refractivity contribution in [3.63, 3.8) is 0 Å². The van der Waals surface area contributed by atoms with Crippen LogP contribution in [0.2, 0.25) is 0 Å². The Labute approximate surface area is 84.9 Å². The first-order valence-corrected chi connectivity index (χ1v) is 5.88. The van der Waals surface area contributed by atoms with Gasteiger partial charge in [0.25, 0.3) is 0 Å². The Morgan fingerprint density at radius 3 is 3.38 bits per heavy atom. The largest absolute Gasteiger partial charge is 0.249 e. The highest BCUT2D eigenvalue weighted by molar-refractivity contribution is 8.06. The molecule has 2 aliphatic rings. The molecule has 13 heavy (non-hydrogen) atoms. The van der Waals surface area contributed by atoms with E-state index < -0.39 is 0 Å². The minimum atomic E-state index is 0.992. The Balaban J connectivity index is 2.22. The van der Waals surface area contributed by atoms with E-state index in [1.165, 1.54) is 21.0 Å². The van der Waals surface area contributed by atoms with Gasteiger partial charge in [-0.2, -0.15) is 0 Å². The first-order valence-electron chi connectivity index (χ1n) is 4.12. The molecule has 0 unspecified atom stereocenters. The molecular weight excluding hydrogens is 198 g/mol. The molecule has 1 aliphatic heterocycles. The molecule has 3 rings (SSSR count). The van der Waals surface area contributed by atoms with Gasteiger partial charge in [-0.15, -0.1) is 11.3 Å². The van der Waals surface area contributed by atoms with Crippen molar-refractivity contribution in [1.29, 1.82) is 0 Å². The van der Waals surface area contributed by atoms with Gasteiger partial charge in [-0.25, -0.2) is 4.98 Å². The Morgan fingerprint density at radius 1 is 1.38 bits per heavy atom. The van der Waals surface area contributed by atoms with Gasteiger partial charge in [0, 0.05) is 16.9 Å². The fraction of sp³-hybridized carbons (Fsp3) is 0.100. The topological polar surface area (TPSA) is 12.9 Å². The SMILES string of the molecule is C1=CSC2=CCc3ncsc3C2=C1.